The smallest absolute Gasteiger partial charge is 0.223 e. The van der Waals surface area contributed by atoms with Crippen molar-refractivity contribution in [1.82, 2.24) is 5.32 Å². The van der Waals surface area contributed by atoms with Crippen molar-refractivity contribution in [2.75, 3.05) is 13.2 Å². The van der Waals surface area contributed by atoms with E-state index < -0.39 is 6.10 Å². The number of rotatable bonds is 6. The van der Waals surface area contributed by atoms with Crippen molar-refractivity contribution in [2.24, 2.45) is 0 Å². The number of hydrogen-bond donors (Lipinski definition) is 2. The number of nitrogens with one attached hydrogen (secondary N) is 1. The second kappa shape index (κ2) is 7.38. The van der Waals surface area contributed by atoms with Crippen LogP contribution >= 0.6 is 15.9 Å². The molecule has 0 saturated carbocycles. The largest absolute Gasteiger partial charge is 0.493 e. The summed E-state index contributed by atoms with van der Waals surface area (Å²) >= 11 is 3.35. The molecule has 0 fully saturated rings. The summed E-state index contributed by atoms with van der Waals surface area (Å²) in [6.07, 6.45) is -0.294. The van der Waals surface area contributed by atoms with Crippen molar-refractivity contribution in [3.8, 4) is 5.75 Å². The van der Waals surface area contributed by atoms with Crippen LogP contribution in [0.5, 0.6) is 5.75 Å². The van der Waals surface area contributed by atoms with Gasteiger partial charge in [-0.15, -0.1) is 0 Å². The molecule has 0 spiro atoms. The zero-order chi connectivity index (χ0) is 13.5. The molecule has 1 amide bonds. The van der Waals surface area contributed by atoms with Crippen molar-refractivity contribution in [3.63, 3.8) is 0 Å². The highest BCUT2D eigenvalue weighted by Gasteiger charge is 2.10. The van der Waals surface area contributed by atoms with Crippen LogP contribution in [0.3, 0.4) is 0 Å². The Bertz CT molecular complexity index is 407. The third-order valence-electron chi connectivity index (χ3n) is 2.39. The van der Waals surface area contributed by atoms with Gasteiger partial charge in [0.2, 0.25) is 5.91 Å². The fraction of sp³-hybridized carbons (Fsp3) is 0.462. The van der Waals surface area contributed by atoms with E-state index in [0.717, 1.165) is 4.47 Å². The van der Waals surface area contributed by atoms with Crippen molar-refractivity contribution in [3.05, 3.63) is 28.2 Å². The molecule has 2 N–H and O–H groups in total. The first-order valence-electron chi connectivity index (χ1n) is 5.91. The van der Waals surface area contributed by atoms with E-state index in [4.69, 9.17) is 4.74 Å². The molecular weight excluding hydrogens is 298 g/mol. The summed E-state index contributed by atoms with van der Waals surface area (Å²) in [7, 11) is 0. The second-order valence-electron chi connectivity index (χ2n) is 3.91. The highest BCUT2D eigenvalue weighted by molar-refractivity contribution is 9.10. The van der Waals surface area contributed by atoms with Gasteiger partial charge in [-0.1, -0.05) is 22.0 Å². The molecule has 5 heteroatoms. The molecule has 0 aromatic heterocycles. The Labute approximate surface area is 115 Å². The Morgan fingerprint density at radius 1 is 1.56 bits per heavy atom. The third-order valence-corrected chi connectivity index (χ3v) is 2.88. The lowest BCUT2D eigenvalue weighted by molar-refractivity contribution is -0.121. The van der Waals surface area contributed by atoms with Crippen LogP contribution in [-0.2, 0) is 4.79 Å². The summed E-state index contributed by atoms with van der Waals surface area (Å²) in [5.41, 5.74) is 0.717. The predicted octanol–water partition coefficient (Wildman–Crippen LogP) is 2.41. The van der Waals surface area contributed by atoms with Gasteiger partial charge < -0.3 is 15.2 Å². The Morgan fingerprint density at radius 2 is 2.28 bits per heavy atom. The van der Waals surface area contributed by atoms with Crippen LogP contribution in [0.15, 0.2) is 22.7 Å². The molecule has 1 aromatic carbocycles. The molecule has 1 rings (SSSR count). The topological polar surface area (TPSA) is 58.6 Å². The molecule has 0 aliphatic carbocycles. The fourth-order valence-electron chi connectivity index (χ4n) is 1.52. The zero-order valence-electron chi connectivity index (χ0n) is 10.6. The maximum atomic E-state index is 11.3. The lowest BCUT2D eigenvalue weighted by Gasteiger charge is -2.13. The van der Waals surface area contributed by atoms with Gasteiger partial charge in [0.25, 0.3) is 0 Å². The molecule has 4 nitrogen and oxygen atoms in total. The summed E-state index contributed by atoms with van der Waals surface area (Å²) in [6.45, 7) is 4.47. The van der Waals surface area contributed by atoms with Crippen LogP contribution in [0.1, 0.15) is 31.9 Å². The number of aliphatic hydroxyl groups excluding tert-OH is 1. The van der Waals surface area contributed by atoms with E-state index in [2.05, 4.69) is 21.2 Å². The number of amides is 1. The van der Waals surface area contributed by atoms with E-state index in [1.165, 1.54) is 0 Å². The lowest BCUT2D eigenvalue weighted by atomic mass is 10.1. The summed E-state index contributed by atoms with van der Waals surface area (Å²) < 4.78 is 6.42. The molecule has 0 aliphatic heterocycles. The minimum absolute atomic E-state index is 0.0360. The summed E-state index contributed by atoms with van der Waals surface area (Å²) in [5, 5.41) is 12.3. The number of ether oxygens (including phenoxy) is 1. The molecule has 1 aromatic rings. The van der Waals surface area contributed by atoms with Crippen LogP contribution in [0.25, 0.3) is 0 Å². The van der Waals surface area contributed by atoms with Crippen LogP contribution in [-0.4, -0.2) is 24.2 Å². The quantitative estimate of drug-likeness (QED) is 0.847. The van der Waals surface area contributed by atoms with Crippen molar-refractivity contribution < 1.29 is 14.6 Å². The molecule has 0 heterocycles. The van der Waals surface area contributed by atoms with Crippen LogP contribution in [0, 0.1) is 0 Å². The van der Waals surface area contributed by atoms with Gasteiger partial charge in [-0.3, -0.25) is 4.79 Å². The summed E-state index contributed by atoms with van der Waals surface area (Å²) in [6, 6.07) is 5.44. The van der Waals surface area contributed by atoms with E-state index in [9.17, 15) is 9.90 Å². The highest BCUT2D eigenvalue weighted by atomic mass is 79.9. The maximum Gasteiger partial charge on any atom is 0.223 e. The molecule has 18 heavy (non-hydrogen) atoms. The SMILES string of the molecule is CCNC(=O)CCOc1cc(Br)ccc1[C@@H](C)O. The Kier molecular flexibility index (Phi) is 6.15. The number of hydrogen-bond acceptors (Lipinski definition) is 3. The number of aliphatic hydroxyl groups is 1. The minimum atomic E-state index is -0.599. The molecule has 100 valence electrons. The molecule has 0 bridgehead atoms. The summed E-state index contributed by atoms with van der Waals surface area (Å²) in [4.78, 5) is 11.3. The van der Waals surface area contributed by atoms with Crippen LogP contribution < -0.4 is 10.1 Å². The van der Waals surface area contributed by atoms with E-state index in [0.29, 0.717) is 30.9 Å². The Balaban J connectivity index is 2.60. The number of carbonyl (C=O) groups is 1. The number of benzene rings is 1. The van der Waals surface area contributed by atoms with Crippen molar-refractivity contribution in [2.45, 2.75) is 26.4 Å². The van der Waals surface area contributed by atoms with Gasteiger partial charge in [-0.05, 0) is 26.0 Å². The molecule has 0 saturated heterocycles. The number of carbonyl (C=O) groups excluding carboxylic acids is 1. The molecule has 0 radical (unpaired) electrons. The normalized spacial score (nSPS) is 12.0. The first kappa shape index (κ1) is 15.0. The monoisotopic (exact) mass is 315 g/mol. The van der Waals surface area contributed by atoms with Gasteiger partial charge >= 0.3 is 0 Å². The van der Waals surface area contributed by atoms with Crippen molar-refractivity contribution >= 4 is 21.8 Å². The Morgan fingerprint density at radius 3 is 2.89 bits per heavy atom. The van der Waals surface area contributed by atoms with E-state index in [1.54, 1.807) is 19.1 Å². The van der Waals surface area contributed by atoms with Crippen LogP contribution in [0.4, 0.5) is 0 Å². The third kappa shape index (κ3) is 4.66. The van der Waals surface area contributed by atoms with Gasteiger partial charge in [0, 0.05) is 16.6 Å². The van der Waals surface area contributed by atoms with Gasteiger partial charge in [0.15, 0.2) is 0 Å². The average Bonchev–Trinajstić information content (AvgIpc) is 2.29. The van der Waals surface area contributed by atoms with Crippen LogP contribution in [0.2, 0.25) is 0 Å². The molecule has 1 atom stereocenters. The predicted molar refractivity (Wildman–Crippen MR) is 73.6 cm³/mol. The van der Waals surface area contributed by atoms with Gasteiger partial charge in [-0.2, -0.15) is 0 Å². The van der Waals surface area contributed by atoms with Gasteiger partial charge in [-0.25, -0.2) is 0 Å². The molecule has 0 aliphatic rings. The lowest BCUT2D eigenvalue weighted by Crippen LogP contribution is -2.24. The first-order chi connectivity index (χ1) is 8.54. The van der Waals surface area contributed by atoms with E-state index in [1.807, 2.05) is 13.0 Å². The highest BCUT2D eigenvalue weighted by Crippen LogP contribution is 2.28. The average molecular weight is 316 g/mol. The maximum absolute atomic E-state index is 11.3. The van der Waals surface area contributed by atoms with E-state index >= 15 is 0 Å². The van der Waals surface area contributed by atoms with Gasteiger partial charge in [0.05, 0.1) is 19.1 Å². The minimum Gasteiger partial charge on any atom is -0.493 e. The van der Waals surface area contributed by atoms with Crippen molar-refractivity contribution in [1.29, 1.82) is 0 Å². The molecular formula is C13H18BrNO3. The first-order valence-corrected chi connectivity index (χ1v) is 6.71. The zero-order valence-corrected chi connectivity index (χ0v) is 12.2. The Hall–Kier alpha value is -1.07. The standard InChI is InChI=1S/C13H18BrNO3/c1-3-15-13(17)6-7-18-12-8-10(14)4-5-11(12)9(2)16/h4-5,8-9,16H,3,6-7H2,1-2H3,(H,15,17)/t9-/m1/s1. The number of halogens is 1. The summed E-state index contributed by atoms with van der Waals surface area (Å²) in [5.74, 6) is 0.565. The van der Waals surface area contributed by atoms with Gasteiger partial charge in [0.1, 0.15) is 5.75 Å². The second-order valence-corrected chi connectivity index (χ2v) is 4.83. The van der Waals surface area contributed by atoms with E-state index in [-0.39, 0.29) is 5.91 Å². The molecule has 0 unspecified atom stereocenters. The fourth-order valence-corrected chi connectivity index (χ4v) is 1.86.